The molecule has 2 aliphatic rings. The van der Waals surface area contributed by atoms with Gasteiger partial charge in [-0.15, -0.1) is 24.8 Å². The van der Waals surface area contributed by atoms with Crippen molar-refractivity contribution >= 4 is 36.4 Å². The zero-order chi connectivity index (χ0) is 19.7. The lowest BCUT2D eigenvalue weighted by Crippen LogP contribution is -2.44. The summed E-state index contributed by atoms with van der Waals surface area (Å²) in [5, 5.41) is 2.00. The molecule has 0 saturated carbocycles. The molecule has 0 spiro atoms. The van der Waals surface area contributed by atoms with Crippen molar-refractivity contribution in [1.29, 1.82) is 0 Å². The maximum Gasteiger partial charge on any atom is 0.227 e. The van der Waals surface area contributed by atoms with Crippen molar-refractivity contribution in [2.75, 3.05) is 25.6 Å². The van der Waals surface area contributed by atoms with E-state index in [1.165, 1.54) is 16.7 Å². The number of benzene rings is 2. The molecule has 2 N–H and O–H groups in total. The SMILES string of the molecule is COc1cc2c(cc1C[C@@H]1CCCN(N)[C@@H]1c1ccccc1)CCC(=O)N2C.Cl.Cl. The number of carbonyl (C=O) groups excluding carboxylic acids is 1. The third kappa shape index (κ3) is 4.75. The average Bonchev–Trinajstić information content (AvgIpc) is 2.71. The van der Waals surface area contributed by atoms with Gasteiger partial charge < -0.3 is 9.64 Å². The first-order valence-corrected chi connectivity index (χ1v) is 10.1. The predicted molar refractivity (Wildman–Crippen MR) is 126 cm³/mol. The van der Waals surface area contributed by atoms with Gasteiger partial charge >= 0.3 is 0 Å². The fraction of sp³-hybridized carbons (Fsp3) is 0.435. The number of ether oxygens (including phenoxy) is 1. The van der Waals surface area contributed by atoms with E-state index in [1.54, 1.807) is 12.0 Å². The van der Waals surface area contributed by atoms with Crippen molar-refractivity contribution in [2.24, 2.45) is 11.8 Å². The van der Waals surface area contributed by atoms with Crippen LogP contribution in [0, 0.1) is 5.92 Å². The second-order valence-electron chi connectivity index (χ2n) is 7.95. The van der Waals surface area contributed by atoms with Gasteiger partial charge in [0.25, 0.3) is 0 Å². The van der Waals surface area contributed by atoms with Crippen LogP contribution in [0.25, 0.3) is 0 Å². The van der Waals surface area contributed by atoms with E-state index in [0.29, 0.717) is 12.3 Å². The Bertz CT molecular complexity index is 863. The van der Waals surface area contributed by atoms with Crippen LogP contribution in [-0.2, 0) is 17.6 Å². The Balaban J connectivity index is 0.00000160. The number of hydrogen-bond donors (Lipinski definition) is 1. The number of piperidine rings is 1. The van der Waals surface area contributed by atoms with E-state index in [2.05, 4.69) is 30.3 Å². The molecule has 5 nitrogen and oxygen atoms in total. The number of methoxy groups -OCH3 is 1. The van der Waals surface area contributed by atoms with Gasteiger partial charge in [0.05, 0.1) is 18.8 Å². The van der Waals surface area contributed by atoms with Crippen molar-refractivity contribution < 1.29 is 9.53 Å². The quantitative estimate of drug-likeness (QED) is 0.703. The Morgan fingerprint density at radius 3 is 2.57 bits per heavy atom. The molecule has 2 aliphatic heterocycles. The summed E-state index contributed by atoms with van der Waals surface area (Å²) in [5.74, 6) is 7.88. The van der Waals surface area contributed by atoms with Crippen LogP contribution in [0.3, 0.4) is 0 Å². The third-order valence-electron chi connectivity index (χ3n) is 6.24. The van der Waals surface area contributed by atoms with Crippen molar-refractivity contribution in [1.82, 2.24) is 5.01 Å². The highest BCUT2D eigenvalue weighted by atomic mass is 35.5. The highest BCUT2D eigenvalue weighted by molar-refractivity contribution is 5.96. The molecule has 0 aromatic heterocycles. The second kappa shape index (κ2) is 10.5. The lowest BCUT2D eigenvalue weighted by Gasteiger charge is -2.39. The maximum absolute atomic E-state index is 12.1. The lowest BCUT2D eigenvalue weighted by atomic mass is 9.81. The molecule has 7 heteroatoms. The second-order valence-corrected chi connectivity index (χ2v) is 7.95. The number of carbonyl (C=O) groups is 1. The van der Waals surface area contributed by atoms with Crippen LogP contribution in [0.5, 0.6) is 5.75 Å². The molecule has 0 unspecified atom stereocenters. The highest BCUT2D eigenvalue weighted by Gasteiger charge is 2.32. The molecule has 164 valence electrons. The van der Waals surface area contributed by atoms with Crippen molar-refractivity contribution in [3.05, 3.63) is 59.2 Å². The summed E-state index contributed by atoms with van der Waals surface area (Å²) in [5.41, 5.74) is 4.69. The number of amides is 1. The number of hydrazine groups is 1. The first kappa shape index (κ1) is 24.5. The number of nitrogens with two attached hydrogens (primary N) is 1. The van der Waals surface area contributed by atoms with Gasteiger partial charge in [-0.05, 0) is 48.3 Å². The summed E-state index contributed by atoms with van der Waals surface area (Å²) in [6.07, 6.45) is 4.54. The highest BCUT2D eigenvalue weighted by Crippen LogP contribution is 2.40. The molecule has 1 fully saturated rings. The van der Waals surface area contributed by atoms with Gasteiger partial charge in [0.2, 0.25) is 5.91 Å². The standard InChI is InChI=1S/C23H29N3O2.2ClH/c1-25-20-15-21(28-2)19(13-17(20)10-11-22(25)27)14-18-9-6-12-26(24)23(18)16-7-4-3-5-8-16;;/h3-5,7-8,13,15,18,23H,6,9-12,14,24H2,1-2H3;2*1H/t18-,23+;;/m0../s1. The normalized spacial score (nSPS) is 21.3. The van der Waals surface area contributed by atoms with E-state index in [-0.39, 0.29) is 36.8 Å². The molecular formula is C23H31Cl2N3O2. The van der Waals surface area contributed by atoms with Gasteiger partial charge in [-0.1, -0.05) is 36.4 Å². The van der Waals surface area contributed by atoms with Crippen LogP contribution >= 0.6 is 24.8 Å². The lowest BCUT2D eigenvalue weighted by molar-refractivity contribution is -0.118. The summed E-state index contributed by atoms with van der Waals surface area (Å²) in [6.45, 7) is 0.921. The van der Waals surface area contributed by atoms with Crippen LogP contribution in [-0.4, -0.2) is 31.6 Å². The van der Waals surface area contributed by atoms with E-state index in [1.807, 2.05) is 24.2 Å². The number of halogens is 2. The molecule has 0 radical (unpaired) electrons. The number of anilines is 1. The minimum Gasteiger partial charge on any atom is -0.496 e. The van der Waals surface area contributed by atoms with E-state index in [4.69, 9.17) is 10.6 Å². The molecule has 1 amide bonds. The third-order valence-corrected chi connectivity index (χ3v) is 6.24. The summed E-state index contributed by atoms with van der Waals surface area (Å²) >= 11 is 0. The molecule has 1 saturated heterocycles. The molecular weight excluding hydrogens is 421 g/mol. The first-order valence-electron chi connectivity index (χ1n) is 10.1. The van der Waals surface area contributed by atoms with Gasteiger partial charge in [0.15, 0.2) is 0 Å². The number of fused-ring (bicyclic) bond motifs is 1. The van der Waals surface area contributed by atoms with Crippen LogP contribution in [0.4, 0.5) is 5.69 Å². The smallest absolute Gasteiger partial charge is 0.227 e. The fourth-order valence-corrected chi connectivity index (χ4v) is 4.78. The molecule has 0 aliphatic carbocycles. The van der Waals surface area contributed by atoms with E-state index < -0.39 is 0 Å². The molecule has 0 bridgehead atoms. The number of aryl methyl sites for hydroxylation is 1. The van der Waals surface area contributed by atoms with E-state index >= 15 is 0 Å². The molecule has 2 aromatic rings. The Labute approximate surface area is 191 Å². The summed E-state index contributed by atoms with van der Waals surface area (Å²) in [6, 6.07) is 15.0. The number of nitrogens with zero attached hydrogens (tertiary/aromatic N) is 2. The fourth-order valence-electron chi connectivity index (χ4n) is 4.78. The Hall–Kier alpha value is -1.79. The zero-order valence-corrected chi connectivity index (χ0v) is 19.2. The number of hydrogen-bond acceptors (Lipinski definition) is 4. The van der Waals surface area contributed by atoms with Crippen molar-refractivity contribution in [2.45, 2.75) is 38.1 Å². The topological polar surface area (TPSA) is 58.8 Å². The Morgan fingerprint density at radius 1 is 1.13 bits per heavy atom. The van der Waals surface area contributed by atoms with E-state index in [9.17, 15) is 4.79 Å². The number of rotatable bonds is 4. The Kier molecular flexibility index (Phi) is 8.56. The van der Waals surface area contributed by atoms with Gasteiger partial charge in [-0.2, -0.15) is 0 Å². The molecule has 2 aromatic carbocycles. The van der Waals surface area contributed by atoms with Crippen LogP contribution < -0.4 is 15.5 Å². The van der Waals surface area contributed by atoms with Crippen molar-refractivity contribution in [3.8, 4) is 5.75 Å². The molecule has 2 heterocycles. The van der Waals surface area contributed by atoms with Crippen molar-refractivity contribution in [3.63, 3.8) is 0 Å². The Morgan fingerprint density at radius 2 is 1.87 bits per heavy atom. The summed E-state index contributed by atoms with van der Waals surface area (Å²) in [4.78, 5) is 13.8. The average molecular weight is 452 g/mol. The predicted octanol–water partition coefficient (Wildman–Crippen LogP) is 4.32. The van der Waals surface area contributed by atoms with Crippen LogP contribution in [0.2, 0.25) is 0 Å². The van der Waals surface area contributed by atoms with Gasteiger partial charge in [0, 0.05) is 26.1 Å². The van der Waals surface area contributed by atoms with Gasteiger partial charge in [-0.3, -0.25) is 10.6 Å². The zero-order valence-electron chi connectivity index (χ0n) is 17.5. The van der Waals surface area contributed by atoms with E-state index in [0.717, 1.165) is 43.7 Å². The van der Waals surface area contributed by atoms with Crippen LogP contribution in [0.15, 0.2) is 42.5 Å². The maximum atomic E-state index is 12.1. The largest absolute Gasteiger partial charge is 0.496 e. The van der Waals surface area contributed by atoms with Gasteiger partial charge in [-0.25, -0.2) is 5.01 Å². The van der Waals surface area contributed by atoms with Crippen LogP contribution in [0.1, 0.15) is 42.0 Å². The minimum absolute atomic E-state index is 0. The molecule has 30 heavy (non-hydrogen) atoms. The molecule has 4 rings (SSSR count). The summed E-state index contributed by atoms with van der Waals surface area (Å²) < 4.78 is 5.72. The minimum atomic E-state index is 0. The van der Waals surface area contributed by atoms with Gasteiger partial charge in [0.1, 0.15) is 5.75 Å². The summed E-state index contributed by atoms with van der Waals surface area (Å²) in [7, 11) is 3.55. The monoisotopic (exact) mass is 451 g/mol. The molecule has 2 atom stereocenters. The first-order chi connectivity index (χ1) is 13.6.